The van der Waals surface area contributed by atoms with Gasteiger partial charge < -0.3 is 10.1 Å². The van der Waals surface area contributed by atoms with Gasteiger partial charge in [0.15, 0.2) is 0 Å². The minimum Gasteiger partial charge on any atom is -0.374 e. The lowest BCUT2D eigenvalue weighted by Crippen LogP contribution is -2.06. The molecule has 1 heterocycles. The lowest BCUT2D eigenvalue weighted by molar-refractivity contribution is 0.0842. The largest absolute Gasteiger partial charge is 0.374 e. The SMILES string of the molecule is CNCc1sc(C(OC)C2CC2)nc1C(C)C. The number of nitrogens with zero attached hydrogens (tertiary/aromatic N) is 1. The van der Waals surface area contributed by atoms with E-state index in [2.05, 4.69) is 19.2 Å². The molecule has 1 N–H and O–H groups in total. The summed E-state index contributed by atoms with van der Waals surface area (Å²) < 4.78 is 5.61. The molecule has 17 heavy (non-hydrogen) atoms. The highest BCUT2D eigenvalue weighted by molar-refractivity contribution is 7.11. The van der Waals surface area contributed by atoms with Crippen LogP contribution >= 0.6 is 11.3 Å². The van der Waals surface area contributed by atoms with Crippen LogP contribution in [0.2, 0.25) is 0 Å². The Balaban J connectivity index is 2.24. The van der Waals surface area contributed by atoms with Gasteiger partial charge >= 0.3 is 0 Å². The number of aromatic nitrogens is 1. The van der Waals surface area contributed by atoms with Crippen molar-refractivity contribution in [2.24, 2.45) is 5.92 Å². The molecule has 1 atom stereocenters. The zero-order chi connectivity index (χ0) is 12.4. The normalized spacial score (nSPS) is 17.7. The van der Waals surface area contributed by atoms with Gasteiger partial charge in [-0.1, -0.05) is 13.8 Å². The zero-order valence-electron chi connectivity index (χ0n) is 11.1. The second kappa shape index (κ2) is 5.46. The van der Waals surface area contributed by atoms with Crippen molar-refractivity contribution >= 4 is 11.3 Å². The molecule has 0 spiro atoms. The molecule has 1 saturated carbocycles. The first kappa shape index (κ1) is 13.0. The van der Waals surface area contributed by atoms with Gasteiger partial charge in [-0.25, -0.2) is 4.98 Å². The summed E-state index contributed by atoms with van der Waals surface area (Å²) in [4.78, 5) is 6.18. The quantitative estimate of drug-likeness (QED) is 0.847. The van der Waals surface area contributed by atoms with Crippen LogP contribution < -0.4 is 5.32 Å². The average Bonchev–Trinajstić information content (AvgIpc) is 3.02. The fourth-order valence-corrected chi connectivity index (χ4v) is 3.54. The maximum Gasteiger partial charge on any atom is 0.122 e. The third-order valence-electron chi connectivity index (χ3n) is 3.18. The molecule has 1 aromatic rings. The number of nitrogens with one attached hydrogen (secondary N) is 1. The van der Waals surface area contributed by atoms with E-state index in [1.54, 1.807) is 7.11 Å². The number of hydrogen-bond donors (Lipinski definition) is 1. The van der Waals surface area contributed by atoms with Crippen LogP contribution in [0.15, 0.2) is 0 Å². The number of ether oxygens (including phenoxy) is 1. The molecule has 2 rings (SSSR count). The van der Waals surface area contributed by atoms with Crippen LogP contribution in [0.4, 0.5) is 0 Å². The van der Waals surface area contributed by atoms with Crippen molar-refractivity contribution in [3.05, 3.63) is 15.6 Å². The molecule has 1 aromatic heterocycles. The van der Waals surface area contributed by atoms with E-state index in [9.17, 15) is 0 Å². The highest BCUT2D eigenvalue weighted by Gasteiger charge is 2.35. The van der Waals surface area contributed by atoms with Gasteiger partial charge in [-0.3, -0.25) is 0 Å². The molecule has 1 aliphatic rings. The highest BCUT2D eigenvalue weighted by Crippen LogP contribution is 2.44. The number of thiazole rings is 1. The summed E-state index contributed by atoms with van der Waals surface area (Å²) in [5.41, 5.74) is 1.24. The van der Waals surface area contributed by atoms with Gasteiger partial charge in [0.05, 0.1) is 5.69 Å². The minimum absolute atomic E-state index is 0.225. The first-order valence-electron chi connectivity index (χ1n) is 6.34. The van der Waals surface area contributed by atoms with Crippen LogP contribution in [-0.4, -0.2) is 19.1 Å². The van der Waals surface area contributed by atoms with Crippen molar-refractivity contribution < 1.29 is 4.74 Å². The fraction of sp³-hybridized carbons (Fsp3) is 0.769. The molecular weight excluding hydrogens is 232 g/mol. The molecule has 96 valence electrons. The summed E-state index contributed by atoms with van der Waals surface area (Å²) in [6, 6.07) is 0. The molecule has 3 nitrogen and oxygen atoms in total. The topological polar surface area (TPSA) is 34.1 Å². The molecule has 4 heteroatoms. The van der Waals surface area contributed by atoms with Crippen molar-refractivity contribution in [3.63, 3.8) is 0 Å². The number of rotatable bonds is 6. The highest BCUT2D eigenvalue weighted by atomic mass is 32.1. The Morgan fingerprint density at radius 2 is 2.18 bits per heavy atom. The second-order valence-electron chi connectivity index (χ2n) is 5.04. The lowest BCUT2D eigenvalue weighted by atomic mass is 10.1. The van der Waals surface area contributed by atoms with Crippen LogP contribution in [0.1, 0.15) is 54.3 Å². The van der Waals surface area contributed by atoms with Gasteiger partial charge in [0.2, 0.25) is 0 Å². The molecule has 0 saturated heterocycles. The van der Waals surface area contributed by atoms with E-state index < -0.39 is 0 Å². The molecule has 1 aliphatic carbocycles. The van der Waals surface area contributed by atoms with Crippen LogP contribution in [0, 0.1) is 5.92 Å². The first-order valence-corrected chi connectivity index (χ1v) is 7.15. The molecule has 1 unspecified atom stereocenters. The smallest absolute Gasteiger partial charge is 0.122 e. The van der Waals surface area contributed by atoms with Crippen LogP contribution in [-0.2, 0) is 11.3 Å². The fourth-order valence-electron chi connectivity index (χ4n) is 2.14. The van der Waals surface area contributed by atoms with Gasteiger partial charge in [0.25, 0.3) is 0 Å². The standard InChI is InChI=1S/C13H22N2OS/c1-8(2)11-10(7-14-3)17-13(15-11)12(16-4)9-5-6-9/h8-9,12,14H,5-7H2,1-4H3. The van der Waals surface area contributed by atoms with Crippen molar-refractivity contribution in [2.75, 3.05) is 14.2 Å². The summed E-state index contributed by atoms with van der Waals surface area (Å²) >= 11 is 1.81. The van der Waals surface area contributed by atoms with Crippen molar-refractivity contribution in [3.8, 4) is 0 Å². The Bertz CT molecular complexity index is 371. The van der Waals surface area contributed by atoms with E-state index >= 15 is 0 Å². The van der Waals surface area contributed by atoms with E-state index in [4.69, 9.17) is 9.72 Å². The maximum atomic E-state index is 5.61. The van der Waals surface area contributed by atoms with Crippen molar-refractivity contribution in [1.82, 2.24) is 10.3 Å². The summed E-state index contributed by atoms with van der Waals surface area (Å²) in [5, 5.41) is 4.39. The summed E-state index contributed by atoms with van der Waals surface area (Å²) in [6.07, 6.45) is 2.80. The van der Waals surface area contributed by atoms with Crippen LogP contribution in [0.25, 0.3) is 0 Å². The van der Waals surface area contributed by atoms with Gasteiger partial charge in [-0.2, -0.15) is 0 Å². The van der Waals surface area contributed by atoms with Crippen molar-refractivity contribution in [2.45, 2.75) is 45.3 Å². The lowest BCUT2D eigenvalue weighted by Gasteiger charge is -2.10. The average molecular weight is 254 g/mol. The molecule has 1 fully saturated rings. The van der Waals surface area contributed by atoms with Crippen LogP contribution in [0.5, 0.6) is 0 Å². The second-order valence-corrected chi connectivity index (χ2v) is 6.15. The number of hydrogen-bond acceptors (Lipinski definition) is 4. The van der Waals surface area contributed by atoms with Crippen LogP contribution in [0.3, 0.4) is 0 Å². The molecule has 0 radical (unpaired) electrons. The third-order valence-corrected chi connectivity index (χ3v) is 4.31. The van der Waals surface area contributed by atoms with E-state index in [0.29, 0.717) is 11.8 Å². The predicted octanol–water partition coefficient (Wildman–Crippen LogP) is 3.08. The van der Waals surface area contributed by atoms with Crippen molar-refractivity contribution in [1.29, 1.82) is 0 Å². The minimum atomic E-state index is 0.225. The Kier molecular flexibility index (Phi) is 4.17. The third kappa shape index (κ3) is 2.87. The summed E-state index contributed by atoms with van der Waals surface area (Å²) in [6.45, 7) is 5.32. The summed E-state index contributed by atoms with van der Waals surface area (Å²) in [5.74, 6) is 1.19. The monoisotopic (exact) mass is 254 g/mol. The first-order chi connectivity index (χ1) is 8.17. The molecule has 0 bridgehead atoms. The van der Waals surface area contributed by atoms with Gasteiger partial charge in [-0.05, 0) is 31.7 Å². The predicted molar refractivity (Wildman–Crippen MR) is 71.4 cm³/mol. The van der Waals surface area contributed by atoms with E-state index in [0.717, 1.165) is 6.54 Å². The molecule has 0 aliphatic heterocycles. The molecular formula is C13H22N2OS. The molecule has 0 aromatic carbocycles. The molecule has 0 amide bonds. The Morgan fingerprint density at radius 3 is 2.65 bits per heavy atom. The van der Waals surface area contributed by atoms with E-state index in [-0.39, 0.29) is 6.10 Å². The van der Waals surface area contributed by atoms with E-state index in [1.807, 2.05) is 18.4 Å². The summed E-state index contributed by atoms with van der Waals surface area (Å²) in [7, 11) is 3.79. The van der Waals surface area contributed by atoms with Gasteiger partial charge in [0.1, 0.15) is 11.1 Å². The Labute approximate surface area is 108 Å². The Hall–Kier alpha value is -0.450. The van der Waals surface area contributed by atoms with Gasteiger partial charge in [-0.15, -0.1) is 11.3 Å². The maximum absolute atomic E-state index is 5.61. The van der Waals surface area contributed by atoms with E-state index in [1.165, 1.54) is 28.4 Å². The number of methoxy groups -OCH3 is 1. The zero-order valence-corrected chi connectivity index (χ0v) is 11.9. The Morgan fingerprint density at radius 1 is 1.47 bits per heavy atom. The van der Waals surface area contributed by atoms with Gasteiger partial charge in [0, 0.05) is 18.5 Å².